The van der Waals surface area contributed by atoms with Crippen LogP contribution in [0.5, 0.6) is 0 Å². The number of fused-ring (bicyclic) bond motifs is 1. The Morgan fingerprint density at radius 3 is 2.75 bits per heavy atom. The molecule has 1 aromatic carbocycles. The van der Waals surface area contributed by atoms with Crippen LogP contribution in [0.4, 0.5) is 10.2 Å². The molecular weight excluding hydrogens is 301 g/mol. The van der Waals surface area contributed by atoms with Crippen molar-refractivity contribution in [3.05, 3.63) is 54.0 Å². The molecule has 0 bridgehead atoms. The number of halogens is 1. The van der Waals surface area contributed by atoms with Crippen LogP contribution in [0.15, 0.2) is 42.6 Å². The van der Waals surface area contributed by atoms with Gasteiger partial charge in [-0.2, -0.15) is 0 Å². The van der Waals surface area contributed by atoms with Crippen LogP contribution >= 0.6 is 0 Å². The highest BCUT2D eigenvalue weighted by atomic mass is 19.1. The predicted molar refractivity (Wildman–Crippen MR) is 95.8 cm³/mol. The molecule has 2 aromatic heterocycles. The first-order valence-corrected chi connectivity index (χ1v) is 8.72. The number of hydrogen-bond donors (Lipinski definition) is 1. The van der Waals surface area contributed by atoms with E-state index in [4.69, 9.17) is 4.98 Å². The van der Waals surface area contributed by atoms with Gasteiger partial charge in [0.15, 0.2) is 0 Å². The molecule has 1 fully saturated rings. The molecule has 0 saturated heterocycles. The van der Waals surface area contributed by atoms with Crippen molar-refractivity contribution in [2.45, 2.75) is 45.1 Å². The lowest BCUT2D eigenvalue weighted by Gasteiger charge is -2.24. The summed E-state index contributed by atoms with van der Waals surface area (Å²) in [4.78, 5) is 4.78. The Morgan fingerprint density at radius 2 is 1.96 bits per heavy atom. The molecule has 24 heavy (non-hydrogen) atoms. The standard InChI is InChI=1S/C20H22FN3/c1-14-10-11-24-18(12-14)23-19(15-6-5-7-16(21)13-15)20(24)22-17-8-3-2-4-9-17/h5-7,10-13,17,22H,2-4,8-9H2,1H3. The second-order valence-electron chi connectivity index (χ2n) is 6.73. The van der Waals surface area contributed by atoms with Crippen molar-refractivity contribution in [3.8, 4) is 11.3 Å². The largest absolute Gasteiger partial charge is 0.367 e. The molecule has 3 aromatic rings. The summed E-state index contributed by atoms with van der Waals surface area (Å²) < 4.78 is 15.8. The number of rotatable bonds is 3. The molecule has 0 atom stereocenters. The number of aromatic nitrogens is 2. The van der Waals surface area contributed by atoms with Crippen LogP contribution in [0, 0.1) is 12.7 Å². The lowest BCUT2D eigenvalue weighted by molar-refractivity contribution is 0.462. The maximum Gasteiger partial charge on any atom is 0.139 e. The quantitative estimate of drug-likeness (QED) is 0.718. The number of anilines is 1. The fourth-order valence-electron chi connectivity index (χ4n) is 3.56. The van der Waals surface area contributed by atoms with E-state index < -0.39 is 0 Å². The third-order valence-electron chi connectivity index (χ3n) is 4.83. The first kappa shape index (κ1) is 15.2. The lowest BCUT2D eigenvalue weighted by atomic mass is 9.95. The minimum atomic E-state index is -0.232. The van der Waals surface area contributed by atoms with Crippen molar-refractivity contribution in [2.24, 2.45) is 0 Å². The minimum absolute atomic E-state index is 0.232. The van der Waals surface area contributed by atoms with Gasteiger partial charge in [-0.05, 0) is 49.6 Å². The number of nitrogens with zero attached hydrogens (tertiary/aromatic N) is 2. The Labute approximate surface area is 141 Å². The van der Waals surface area contributed by atoms with Gasteiger partial charge in [0.2, 0.25) is 0 Å². The highest BCUT2D eigenvalue weighted by Crippen LogP contribution is 2.32. The molecule has 1 N–H and O–H groups in total. The van der Waals surface area contributed by atoms with Gasteiger partial charge in [0.05, 0.1) is 0 Å². The van der Waals surface area contributed by atoms with E-state index in [1.165, 1.54) is 43.7 Å². The maximum absolute atomic E-state index is 13.7. The molecule has 2 heterocycles. The van der Waals surface area contributed by atoms with Crippen LogP contribution in [0.3, 0.4) is 0 Å². The molecule has 1 saturated carbocycles. The zero-order valence-electron chi connectivity index (χ0n) is 13.9. The van der Waals surface area contributed by atoms with Gasteiger partial charge < -0.3 is 5.32 Å². The van der Waals surface area contributed by atoms with E-state index in [0.717, 1.165) is 22.7 Å². The third kappa shape index (κ3) is 2.88. The van der Waals surface area contributed by atoms with Gasteiger partial charge in [0.1, 0.15) is 23.0 Å². The van der Waals surface area contributed by atoms with Crippen molar-refractivity contribution in [1.29, 1.82) is 0 Å². The number of nitrogens with one attached hydrogen (secondary N) is 1. The highest BCUT2D eigenvalue weighted by molar-refractivity contribution is 5.76. The Balaban J connectivity index is 1.83. The van der Waals surface area contributed by atoms with E-state index in [2.05, 4.69) is 28.8 Å². The average Bonchev–Trinajstić information content (AvgIpc) is 2.93. The Bertz CT molecular complexity index is 862. The maximum atomic E-state index is 13.7. The molecule has 0 amide bonds. The van der Waals surface area contributed by atoms with Gasteiger partial charge in [-0.25, -0.2) is 9.37 Å². The SMILES string of the molecule is Cc1ccn2c(NC3CCCCC3)c(-c3cccc(F)c3)nc2c1. The lowest BCUT2D eigenvalue weighted by Crippen LogP contribution is -2.23. The monoisotopic (exact) mass is 323 g/mol. The Hall–Kier alpha value is -2.36. The highest BCUT2D eigenvalue weighted by Gasteiger charge is 2.19. The fraction of sp³-hybridized carbons (Fsp3) is 0.350. The van der Waals surface area contributed by atoms with Gasteiger partial charge >= 0.3 is 0 Å². The van der Waals surface area contributed by atoms with Crippen LogP contribution in [-0.2, 0) is 0 Å². The first-order valence-electron chi connectivity index (χ1n) is 8.72. The summed E-state index contributed by atoms with van der Waals surface area (Å²) >= 11 is 0. The number of pyridine rings is 1. The molecule has 0 spiro atoms. The van der Waals surface area contributed by atoms with Crippen molar-refractivity contribution >= 4 is 11.5 Å². The summed E-state index contributed by atoms with van der Waals surface area (Å²) in [5.41, 5.74) is 3.70. The number of benzene rings is 1. The fourth-order valence-corrected chi connectivity index (χ4v) is 3.56. The Kier molecular flexibility index (Phi) is 3.97. The molecule has 124 valence electrons. The third-order valence-corrected chi connectivity index (χ3v) is 4.83. The number of aryl methyl sites for hydroxylation is 1. The summed E-state index contributed by atoms with van der Waals surface area (Å²) in [5.74, 6) is 0.742. The molecule has 1 aliphatic rings. The van der Waals surface area contributed by atoms with Gasteiger partial charge in [0.25, 0.3) is 0 Å². The van der Waals surface area contributed by atoms with E-state index in [9.17, 15) is 4.39 Å². The normalized spacial score (nSPS) is 15.8. The topological polar surface area (TPSA) is 29.3 Å². The van der Waals surface area contributed by atoms with Gasteiger partial charge in [-0.1, -0.05) is 31.4 Å². The molecule has 4 heteroatoms. The predicted octanol–water partition coefficient (Wildman–Crippen LogP) is 5.19. The van der Waals surface area contributed by atoms with Crippen molar-refractivity contribution in [2.75, 3.05) is 5.32 Å². The van der Waals surface area contributed by atoms with Gasteiger partial charge in [0, 0.05) is 17.8 Å². The average molecular weight is 323 g/mol. The summed E-state index contributed by atoms with van der Waals surface area (Å²) in [6.07, 6.45) is 8.27. The van der Waals surface area contributed by atoms with Crippen molar-refractivity contribution in [1.82, 2.24) is 9.38 Å². The molecule has 1 aliphatic carbocycles. The van der Waals surface area contributed by atoms with Gasteiger partial charge in [-0.15, -0.1) is 0 Å². The van der Waals surface area contributed by atoms with Crippen molar-refractivity contribution in [3.63, 3.8) is 0 Å². The zero-order chi connectivity index (χ0) is 16.5. The minimum Gasteiger partial charge on any atom is -0.367 e. The van der Waals surface area contributed by atoms with E-state index in [1.54, 1.807) is 12.1 Å². The molecule has 3 nitrogen and oxygen atoms in total. The summed E-state index contributed by atoms with van der Waals surface area (Å²) in [7, 11) is 0. The van der Waals surface area contributed by atoms with Crippen LogP contribution in [-0.4, -0.2) is 15.4 Å². The van der Waals surface area contributed by atoms with Crippen molar-refractivity contribution < 1.29 is 4.39 Å². The van der Waals surface area contributed by atoms with E-state index in [-0.39, 0.29) is 5.82 Å². The summed E-state index contributed by atoms with van der Waals surface area (Å²) in [6, 6.07) is 11.3. The van der Waals surface area contributed by atoms with E-state index in [0.29, 0.717) is 6.04 Å². The van der Waals surface area contributed by atoms with Gasteiger partial charge in [-0.3, -0.25) is 4.40 Å². The number of imidazole rings is 1. The molecule has 0 aliphatic heterocycles. The smallest absolute Gasteiger partial charge is 0.139 e. The second kappa shape index (κ2) is 6.27. The van der Waals surface area contributed by atoms with Crippen LogP contribution in [0.1, 0.15) is 37.7 Å². The first-order chi connectivity index (χ1) is 11.7. The summed E-state index contributed by atoms with van der Waals surface area (Å²) in [5, 5.41) is 3.69. The van der Waals surface area contributed by atoms with E-state index in [1.807, 2.05) is 12.3 Å². The summed E-state index contributed by atoms with van der Waals surface area (Å²) in [6.45, 7) is 2.06. The Morgan fingerprint density at radius 1 is 1.12 bits per heavy atom. The molecule has 4 rings (SSSR count). The van der Waals surface area contributed by atoms with Crippen LogP contribution < -0.4 is 5.32 Å². The second-order valence-corrected chi connectivity index (χ2v) is 6.73. The molecule has 0 unspecified atom stereocenters. The van der Waals surface area contributed by atoms with E-state index >= 15 is 0 Å². The zero-order valence-corrected chi connectivity index (χ0v) is 13.9. The number of hydrogen-bond acceptors (Lipinski definition) is 2. The molecular formula is C20H22FN3. The molecule has 0 radical (unpaired) electrons. The van der Waals surface area contributed by atoms with Crippen LogP contribution in [0.25, 0.3) is 16.9 Å². The van der Waals surface area contributed by atoms with Crippen LogP contribution in [0.2, 0.25) is 0 Å².